The van der Waals surface area contributed by atoms with Gasteiger partial charge in [0.05, 0.1) is 0 Å². The van der Waals surface area contributed by atoms with Crippen molar-refractivity contribution in [3.05, 3.63) is 0 Å². The van der Waals surface area contributed by atoms with Crippen molar-refractivity contribution in [2.45, 2.75) is 40.5 Å². The molecular formula is C6H28Cl3N3. The minimum Gasteiger partial charge on any atom is -1.00 e. The molecule has 0 amide bonds. The Morgan fingerprint density at radius 1 is 0.500 bits per heavy atom. The van der Waals surface area contributed by atoms with Crippen LogP contribution in [0.15, 0.2) is 0 Å². The van der Waals surface area contributed by atoms with E-state index in [1.807, 2.05) is 0 Å². The molecule has 0 aromatic heterocycles. The quantitative estimate of drug-likeness (QED) is 0.382. The summed E-state index contributed by atoms with van der Waals surface area (Å²) in [6.45, 7) is 8.50. The smallest absolute Gasteiger partial charge is 0.0590 e. The number of hydrogen-bond donors (Lipinski definition) is 3. The van der Waals surface area contributed by atoms with E-state index in [9.17, 15) is 0 Å². The summed E-state index contributed by atoms with van der Waals surface area (Å²) in [5, 5.41) is 0. The van der Waals surface area contributed by atoms with E-state index >= 15 is 0 Å². The van der Waals surface area contributed by atoms with Crippen LogP contribution in [0.2, 0.25) is 0 Å². The summed E-state index contributed by atoms with van der Waals surface area (Å²) in [5.74, 6) is 0. The molecule has 0 aliphatic rings. The van der Waals surface area contributed by atoms with Crippen molar-refractivity contribution in [3.63, 3.8) is 0 Å². The summed E-state index contributed by atoms with van der Waals surface area (Å²) in [5.41, 5.74) is 0. The Bertz CT molecular complexity index is 20.0. The van der Waals surface area contributed by atoms with Gasteiger partial charge in [-0.2, -0.15) is 0 Å². The van der Waals surface area contributed by atoms with Crippen molar-refractivity contribution in [3.8, 4) is 0 Å². The molecule has 0 saturated carbocycles. The average molecular weight is 249 g/mol. The second-order valence-electron chi connectivity index (χ2n) is 1.41. The van der Waals surface area contributed by atoms with Gasteiger partial charge >= 0.3 is 0 Å². The minimum atomic E-state index is 0. The molecule has 0 heterocycles. The Morgan fingerprint density at radius 2 is 0.500 bits per heavy atom. The lowest BCUT2D eigenvalue weighted by Gasteiger charge is -1.48. The Hall–Kier alpha value is 0.750. The number of hydrogen-bond acceptors (Lipinski definition) is 0. The lowest BCUT2D eigenvalue weighted by atomic mass is 10.6. The normalized spacial score (nSPS) is 3.00. The first-order chi connectivity index (χ1) is 2.83. The van der Waals surface area contributed by atoms with Crippen LogP contribution in [0.3, 0.4) is 0 Å². The van der Waals surface area contributed by atoms with Crippen molar-refractivity contribution < 1.29 is 37.2 Å². The van der Waals surface area contributed by atoms with Crippen LogP contribution < -0.4 is 55.7 Å². The van der Waals surface area contributed by atoms with Crippen molar-refractivity contribution in [2.24, 2.45) is 0 Å². The summed E-state index contributed by atoms with van der Waals surface area (Å²) in [6.07, 6.45) is 2.50. The number of quaternary nitrogens is 3. The van der Waals surface area contributed by atoms with E-state index in [-0.39, 0.29) is 55.7 Å². The zero-order valence-corrected chi connectivity index (χ0v) is 11.8. The first-order valence-corrected chi connectivity index (χ1v) is 2.83. The van der Waals surface area contributed by atoms with Crippen LogP contribution in [0.1, 0.15) is 40.5 Å². The fourth-order valence-electron chi connectivity index (χ4n) is 0. The van der Waals surface area contributed by atoms with Crippen LogP contribution in [-0.2, 0) is 0 Å². The van der Waals surface area contributed by atoms with Crippen LogP contribution in [0, 0.1) is 0 Å². The maximum atomic E-state index is 2.12. The molecule has 0 aromatic carbocycles. The van der Waals surface area contributed by atoms with Gasteiger partial charge in [0.1, 0.15) is 0 Å². The van der Waals surface area contributed by atoms with Crippen LogP contribution in [0.5, 0.6) is 0 Å². The van der Waals surface area contributed by atoms with Gasteiger partial charge < -0.3 is 55.7 Å². The van der Waals surface area contributed by atoms with Crippen molar-refractivity contribution in [1.29, 1.82) is 0 Å². The molecule has 6 heteroatoms. The third-order valence-corrected chi connectivity index (χ3v) is 0. The van der Waals surface area contributed by atoms with Crippen LogP contribution >= 0.6 is 0 Å². The second kappa shape index (κ2) is 180. The predicted molar refractivity (Wildman–Crippen MR) is 49.9 cm³/mol. The molecule has 0 bridgehead atoms. The Balaban J connectivity index is -0.00000000296. The lowest BCUT2D eigenvalue weighted by Crippen LogP contribution is -3.00. The molecular weight excluding hydrogens is 220 g/mol. The fourth-order valence-corrected chi connectivity index (χ4v) is 0. The Kier molecular flexibility index (Phi) is 1170. The third-order valence-electron chi connectivity index (χ3n) is 0. The molecule has 0 rings (SSSR count). The van der Waals surface area contributed by atoms with E-state index in [4.69, 9.17) is 0 Å². The lowest BCUT2D eigenvalue weighted by molar-refractivity contribution is -0.00100. The number of halogens is 3. The van der Waals surface area contributed by atoms with Gasteiger partial charge in [0.2, 0.25) is 0 Å². The van der Waals surface area contributed by atoms with E-state index in [1.54, 1.807) is 0 Å². The highest BCUT2D eigenvalue weighted by Crippen LogP contribution is 1.56. The topological polar surface area (TPSA) is 110 Å². The first kappa shape index (κ1) is 78.0. The average Bonchev–Trinajstić information content (AvgIpc) is 1.39. The minimum absolute atomic E-state index is 0. The summed E-state index contributed by atoms with van der Waals surface area (Å²) in [6, 6.07) is 0. The zero-order valence-electron chi connectivity index (χ0n) is 9.55. The number of rotatable bonds is 0. The van der Waals surface area contributed by atoms with Crippen molar-refractivity contribution >= 4 is 0 Å². The van der Waals surface area contributed by atoms with Gasteiger partial charge in [0.25, 0.3) is 0 Å². The molecule has 0 radical (unpaired) electrons. The monoisotopic (exact) mass is 247 g/mol. The molecule has 0 atom stereocenters. The van der Waals surface area contributed by atoms with E-state index in [1.165, 1.54) is 12.8 Å². The maximum Gasteiger partial charge on any atom is -0.0590 e. The Labute approximate surface area is 96.4 Å². The molecule has 0 fully saturated rings. The third kappa shape index (κ3) is 1820. The molecule has 0 aliphatic heterocycles. The molecule has 12 N–H and O–H groups in total. The highest BCUT2D eigenvalue weighted by Gasteiger charge is 1.36. The molecule has 0 spiro atoms. The predicted octanol–water partition coefficient (Wildman–Crippen LogP) is -5.03. The molecule has 0 aliphatic carbocycles. The molecule has 3 nitrogen and oxygen atoms in total. The highest BCUT2D eigenvalue weighted by molar-refractivity contribution is 3.92. The van der Waals surface area contributed by atoms with Gasteiger partial charge in [0, 0.05) is 0 Å². The van der Waals surface area contributed by atoms with E-state index in [0.717, 1.165) is 0 Å². The van der Waals surface area contributed by atoms with E-state index in [0.29, 0.717) is 0 Å². The molecule has 0 unspecified atom stereocenters. The van der Waals surface area contributed by atoms with Gasteiger partial charge in [-0.25, -0.2) is 0 Å². The summed E-state index contributed by atoms with van der Waals surface area (Å²) in [7, 11) is 0. The van der Waals surface area contributed by atoms with Crippen LogP contribution in [-0.4, -0.2) is 0 Å². The first-order valence-electron chi connectivity index (χ1n) is 2.83. The fraction of sp³-hybridized carbons (Fsp3) is 1.00. The van der Waals surface area contributed by atoms with Crippen molar-refractivity contribution in [1.82, 2.24) is 18.5 Å². The van der Waals surface area contributed by atoms with Gasteiger partial charge in [-0.3, -0.25) is 0 Å². The molecule has 12 heavy (non-hydrogen) atoms. The second-order valence-corrected chi connectivity index (χ2v) is 1.41. The maximum absolute atomic E-state index is 2.12. The van der Waals surface area contributed by atoms with Gasteiger partial charge in [-0.1, -0.05) is 40.5 Å². The van der Waals surface area contributed by atoms with E-state index < -0.39 is 0 Å². The van der Waals surface area contributed by atoms with Crippen LogP contribution in [0.25, 0.3) is 0 Å². The van der Waals surface area contributed by atoms with E-state index in [2.05, 4.69) is 27.7 Å². The molecule has 0 saturated heterocycles. The summed E-state index contributed by atoms with van der Waals surface area (Å²) >= 11 is 0. The van der Waals surface area contributed by atoms with Gasteiger partial charge in [-0.05, 0) is 0 Å². The Morgan fingerprint density at radius 3 is 0.500 bits per heavy atom. The SMILES string of the molecule is CCC.CCC.[Cl-].[Cl-].[Cl-].[NH4+].[NH4+].[NH4+]. The van der Waals surface area contributed by atoms with Crippen LogP contribution in [0.4, 0.5) is 0 Å². The largest absolute Gasteiger partial charge is 1.00 e. The van der Waals surface area contributed by atoms with Crippen molar-refractivity contribution in [2.75, 3.05) is 0 Å². The molecule has 88 valence electrons. The zero-order chi connectivity index (χ0) is 5.41. The molecule has 0 aromatic rings. The summed E-state index contributed by atoms with van der Waals surface area (Å²) in [4.78, 5) is 0. The van der Waals surface area contributed by atoms with Gasteiger partial charge in [-0.15, -0.1) is 0 Å². The standard InChI is InChI=1S/2C3H8.3ClH.3H3N/c2*1-3-2;;;;;;/h2*3H2,1-2H3;3*1H;3*1H3. The van der Waals surface area contributed by atoms with Gasteiger partial charge in [0.15, 0.2) is 0 Å². The highest BCUT2D eigenvalue weighted by atomic mass is 35.5. The summed E-state index contributed by atoms with van der Waals surface area (Å²) < 4.78 is 0.